The summed E-state index contributed by atoms with van der Waals surface area (Å²) in [7, 11) is 0. The van der Waals surface area contributed by atoms with Gasteiger partial charge >= 0.3 is 0 Å². The van der Waals surface area contributed by atoms with Crippen LogP contribution < -0.4 is 4.90 Å². The summed E-state index contributed by atoms with van der Waals surface area (Å²) in [6.07, 6.45) is 1.18. The molecule has 14 heavy (non-hydrogen) atoms. The molecule has 0 radical (unpaired) electrons. The minimum Gasteiger partial charge on any atom is -0.370 e. The van der Waals surface area contributed by atoms with Crippen LogP contribution in [0.15, 0.2) is 12.1 Å². The van der Waals surface area contributed by atoms with E-state index in [1.807, 2.05) is 6.92 Å². The van der Waals surface area contributed by atoms with Crippen LogP contribution in [0.2, 0.25) is 0 Å². The van der Waals surface area contributed by atoms with Gasteiger partial charge in [-0.25, -0.2) is 0 Å². The standard InChI is InChI=1S/C12H20N2/c1-5-9-14(6-2)12-8-7-10(3)13-11(12)4/h7-8H,5-6,9H2,1-4H3. The first-order valence-electron chi connectivity index (χ1n) is 5.38. The Labute approximate surface area is 87.0 Å². The highest BCUT2D eigenvalue weighted by atomic mass is 15.1. The SMILES string of the molecule is CCCN(CC)c1ccc(C)nc1C. The first-order chi connectivity index (χ1) is 6.69. The maximum absolute atomic E-state index is 4.48. The molecule has 78 valence electrons. The Balaban J connectivity index is 2.92. The second-order valence-corrected chi connectivity index (χ2v) is 3.64. The van der Waals surface area contributed by atoms with Crippen molar-refractivity contribution in [2.45, 2.75) is 34.1 Å². The summed E-state index contributed by atoms with van der Waals surface area (Å²) in [5.41, 5.74) is 3.51. The molecule has 1 aromatic heterocycles. The highest BCUT2D eigenvalue weighted by Gasteiger charge is 2.06. The molecule has 0 saturated carbocycles. The zero-order chi connectivity index (χ0) is 10.6. The second-order valence-electron chi connectivity index (χ2n) is 3.64. The van der Waals surface area contributed by atoms with Gasteiger partial charge in [0.25, 0.3) is 0 Å². The van der Waals surface area contributed by atoms with Crippen LogP contribution in [0.1, 0.15) is 31.7 Å². The molecule has 1 rings (SSSR count). The van der Waals surface area contributed by atoms with Crippen molar-refractivity contribution in [3.05, 3.63) is 23.5 Å². The van der Waals surface area contributed by atoms with Crippen LogP contribution in [0.3, 0.4) is 0 Å². The van der Waals surface area contributed by atoms with Gasteiger partial charge in [0.05, 0.1) is 11.4 Å². The lowest BCUT2D eigenvalue weighted by Gasteiger charge is -2.23. The molecule has 0 bridgehead atoms. The molecule has 0 aliphatic rings. The van der Waals surface area contributed by atoms with E-state index in [0.29, 0.717) is 0 Å². The van der Waals surface area contributed by atoms with Crippen LogP contribution in [0, 0.1) is 13.8 Å². The molecule has 0 atom stereocenters. The fourth-order valence-electron chi connectivity index (χ4n) is 1.73. The van der Waals surface area contributed by atoms with Crippen molar-refractivity contribution in [2.75, 3.05) is 18.0 Å². The van der Waals surface area contributed by atoms with E-state index < -0.39 is 0 Å². The molecular weight excluding hydrogens is 172 g/mol. The largest absolute Gasteiger partial charge is 0.370 e. The van der Waals surface area contributed by atoms with Crippen molar-refractivity contribution in [3.63, 3.8) is 0 Å². The third-order valence-corrected chi connectivity index (χ3v) is 2.41. The lowest BCUT2D eigenvalue weighted by Crippen LogP contribution is -2.24. The average Bonchev–Trinajstić information content (AvgIpc) is 2.15. The third-order valence-electron chi connectivity index (χ3n) is 2.41. The Morgan fingerprint density at radius 2 is 1.93 bits per heavy atom. The summed E-state index contributed by atoms with van der Waals surface area (Å²) < 4.78 is 0. The van der Waals surface area contributed by atoms with Gasteiger partial charge in [-0.1, -0.05) is 6.92 Å². The minimum absolute atomic E-state index is 1.05. The van der Waals surface area contributed by atoms with Gasteiger partial charge in [-0.3, -0.25) is 4.98 Å². The van der Waals surface area contributed by atoms with Gasteiger partial charge in [0.1, 0.15) is 0 Å². The van der Waals surface area contributed by atoms with Crippen LogP contribution in [-0.2, 0) is 0 Å². The molecular formula is C12H20N2. The van der Waals surface area contributed by atoms with Gasteiger partial charge in [0.2, 0.25) is 0 Å². The Morgan fingerprint density at radius 1 is 1.21 bits per heavy atom. The molecule has 0 fully saturated rings. The fourth-order valence-corrected chi connectivity index (χ4v) is 1.73. The number of nitrogens with zero attached hydrogens (tertiary/aromatic N) is 2. The fraction of sp³-hybridized carbons (Fsp3) is 0.583. The van der Waals surface area contributed by atoms with E-state index in [1.165, 1.54) is 12.1 Å². The highest BCUT2D eigenvalue weighted by Crippen LogP contribution is 2.18. The molecule has 0 spiro atoms. The Kier molecular flexibility index (Phi) is 3.93. The van der Waals surface area contributed by atoms with Gasteiger partial charge in [0, 0.05) is 18.8 Å². The highest BCUT2D eigenvalue weighted by molar-refractivity contribution is 5.50. The van der Waals surface area contributed by atoms with Crippen LogP contribution >= 0.6 is 0 Å². The van der Waals surface area contributed by atoms with E-state index in [-0.39, 0.29) is 0 Å². The summed E-state index contributed by atoms with van der Waals surface area (Å²) in [5, 5.41) is 0. The maximum atomic E-state index is 4.48. The molecule has 1 heterocycles. The predicted molar refractivity (Wildman–Crippen MR) is 61.9 cm³/mol. The first-order valence-corrected chi connectivity index (χ1v) is 5.38. The summed E-state index contributed by atoms with van der Waals surface area (Å²) in [5.74, 6) is 0. The number of hydrogen-bond donors (Lipinski definition) is 0. The Morgan fingerprint density at radius 3 is 2.43 bits per heavy atom. The molecule has 0 amide bonds. The van der Waals surface area contributed by atoms with Crippen molar-refractivity contribution in [1.82, 2.24) is 4.98 Å². The van der Waals surface area contributed by atoms with Crippen LogP contribution in [0.25, 0.3) is 0 Å². The van der Waals surface area contributed by atoms with Crippen LogP contribution in [0.4, 0.5) is 5.69 Å². The monoisotopic (exact) mass is 192 g/mol. The van der Waals surface area contributed by atoms with E-state index in [9.17, 15) is 0 Å². The minimum atomic E-state index is 1.05. The van der Waals surface area contributed by atoms with E-state index in [0.717, 1.165) is 24.5 Å². The number of aryl methyl sites for hydroxylation is 2. The Hall–Kier alpha value is -1.05. The summed E-state index contributed by atoms with van der Waals surface area (Å²) in [6.45, 7) is 10.7. The number of aromatic nitrogens is 1. The first kappa shape index (κ1) is 11.0. The number of rotatable bonds is 4. The van der Waals surface area contributed by atoms with Crippen molar-refractivity contribution >= 4 is 5.69 Å². The zero-order valence-electron chi connectivity index (χ0n) is 9.67. The van der Waals surface area contributed by atoms with Crippen molar-refractivity contribution in [2.24, 2.45) is 0 Å². The lowest BCUT2D eigenvalue weighted by atomic mass is 10.2. The van der Waals surface area contributed by atoms with Gasteiger partial charge in [-0.2, -0.15) is 0 Å². The number of pyridine rings is 1. The summed E-state index contributed by atoms with van der Waals surface area (Å²) in [6, 6.07) is 4.26. The zero-order valence-corrected chi connectivity index (χ0v) is 9.67. The van der Waals surface area contributed by atoms with E-state index in [2.05, 4.69) is 42.8 Å². The molecule has 2 nitrogen and oxygen atoms in total. The van der Waals surface area contributed by atoms with E-state index in [4.69, 9.17) is 0 Å². The smallest absolute Gasteiger partial charge is 0.0608 e. The molecule has 0 aromatic carbocycles. The Bertz CT molecular complexity index is 294. The van der Waals surface area contributed by atoms with E-state index >= 15 is 0 Å². The molecule has 0 aliphatic heterocycles. The predicted octanol–water partition coefficient (Wildman–Crippen LogP) is 2.93. The van der Waals surface area contributed by atoms with Gasteiger partial charge < -0.3 is 4.90 Å². The van der Waals surface area contributed by atoms with Crippen molar-refractivity contribution < 1.29 is 0 Å². The maximum Gasteiger partial charge on any atom is 0.0608 e. The van der Waals surface area contributed by atoms with Crippen molar-refractivity contribution in [3.8, 4) is 0 Å². The molecule has 0 unspecified atom stereocenters. The van der Waals surface area contributed by atoms with Gasteiger partial charge in [-0.05, 0) is 39.3 Å². The third kappa shape index (κ3) is 2.47. The normalized spacial score (nSPS) is 10.3. The number of anilines is 1. The quantitative estimate of drug-likeness (QED) is 0.729. The molecule has 0 N–H and O–H groups in total. The molecule has 1 aromatic rings. The second kappa shape index (κ2) is 4.99. The topological polar surface area (TPSA) is 16.1 Å². The van der Waals surface area contributed by atoms with Gasteiger partial charge in [0.15, 0.2) is 0 Å². The number of hydrogen-bond acceptors (Lipinski definition) is 2. The van der Waals surface area contributed by atoms with Gasteiger partial charge in [-0.15, -0.1) is 0 Å². The van der Waals surface area contributed by atoms with Crippen molar-refractivity contribution in [1.29, 1.82) is 0 Å². The lowest BCUT2D eigenvalue weighted by molar-refractivity contribution is 0.784. The molecule has 0 saturated heterocycles. The molecule has 2 heteroatoms. The van der Waals surface area contributed by atoms with Crippen LogP contribution in [0.5, 0.6) is 0 Å². The van der Waals surface area contributed by atoms with E-state index in [1.54, 1.807) is 0 Å². The molecule has 0 aliphatic carbocycles. The van der Waals surface area contributed by atoms with Crippen LogP contribution in [-0.4, -0.2) is 18.1 Å². The summed E-state index contributed by atoms with van der Waals surface area (Å²) in [4.78, 5) is 6.86. The summed E-state index contributed by atoms with van der Waals surface area (Å²) >= 11 is 0. The average molecular weight is 192 g/mol.